The molecule has 1 aromatic carbocycles. The van der Waals surface area contributed by atoms with E-state index in [0.29, 0.717) is 19.0 Å². The molecule has 1 fully saturated rings. The third-order valence-corrected chi connectivity index (χ3v) is 3.51. The van der Waals surface area contributed by atoms with Crippen LogP contribution < -0.4 is 0 Å². The van der Waals surface area contributed by atoms with E-state index in [9.17, 15) is 4.79 Å². The summed E-state index contributed by atoms with van der Waals surface area (Å²) in [7, 11) is 0. The van der Waals surface area contributed by atoms with Gasteiger partial charge < -0.3 is 4.90 Å². The first-order chi connectivity index (χ1) is 8.83. The Morgan fingerprint density at radius 1 is 1.28 bits per heavy atom. The molecule has 0 saturated heterocycles. The lowest BCUT2D eigenvalue weighted by Gasteiger charge is -2.28. The van der Waals surface area contributed by atoms with E-state index in [2.05, 4.69) is 6.07 Å². The number of nitrogens with zero attached hydrogens (tertiary/aromatic N) is 2. The lowest BCUT2D eigenvalue weighted by Crippen LogP contribution is -2.39. The van der Waals surface area contributed by atoms with Crippen molar-refractivity contribution >= 4 is 5.91 Å². The SMILES string of the molecule is N#CCCN(C(=O)c1ccccc1)C1CCCC1. The van der Waals surface area contributed by atoms with Crippen molar-refractivity contribution in [3.05, 3.63) is 35.9 Å². The van der Waals surface area contributed by atoms with Crippen molar-refractivity contribution in [2.75, 3.05) is 6.54 Å². The zero-order valence-corrected chi connectivity index (χ0v) is 10.5. The molecule has 1 aromatic rings. The molecule has 0 aliphatic heterocycles. The summed E-state index contributed by atoms with van der Waals surface area (Å²) in [6.45, 7) is 0.550. The zero-order chi connectivity index (χ0) is 12.8. The standard InChI is InChI=1S/C15H18N2O/c16-11-6-12-17(14-9-4-5-10-14)15(18)13-7-2-1-3-8-13/h1-3,7-8,14H,4-6,9-10,12H2. The fourth-order valence-electron chi connectivity index (χ4n) is 2.58. The fraction of sp³-hybridized carbons (Fsp3) is 0.467. The molecule has 94 valence electrons. The minimum Gasteiger partial charge on any atom is -0.335 e. The third kappa shape index (κ3) is 2.89. The topological polar surface area (TPSA) is 44.1 Å². The molecule has 1 aliphatic carbocycles. The Labute approximate surface area is 108 Å². The molecule has 3 heteroatoms. The monoisotopic (exact) mass is 242 g/mol. The fourth-order valence-corrected chi connectivity index (χ4v) is 2.58. The average molecular weight is 242 g/mol. The van der Waals surface area contributed by atoms with E-state index in [1.807, 2.05) is 35.2 Å². The number of benzene rings is 1. The highest BCUT2D eigenvalue weighted by molar-refractivity contribution is 5.94. The van der Waals surface area contributed by atoms with Gasteiger partial charge in [-0.1, -0.05) is 31.0 Å². The van der Waals surface area contributed by atoms with E-state index in [1.54, 1.807) is 0 Å². The molecule has 1 aliphatic rings. The molecule has 3 nitrogen and oxygen atoms in total. The molecule has 1 saturated carbocycles. The van der Waals surface area contributed by atoms with Crippen LogP contribution in [0.5, 0.6) is 0 Å². The maximum absolute atomic E-state index is 12.5. The summed E-state index contributed by atoms with van der Waals surface area (Å²) >= 11 is 0. The number of rotatable bonds is 4. The summed E-state index contributed by atoms with van der Waals surface area (Å²) < 4.78 is 0. The van der Waals surface area contributed by atoms with E-state index in [1.165, 1.54) is 12.8 Å². The third-order valence-electron chi connectivity index (χ3n) is 3.51. The van der Waals surface area contributed by atoms with Gasteiger partial charge in [-0.05, 0) is 25.0 Å². The van der Waals surface area contributed by atoms with Crippen molar-refractivity contribution in [3.63, 3.8) is 0 Å². The molecule has 1 amide bonds. The van der Waals surface area contributed by atoms with Gasteiger partial charge in [0, 0.05) is 18.2 Å². The molecule has 0 atom stereocenters. The number of hydrogen-bond donors (Lipinski definition) is 0. The van der Waals surface area contributed by atoms with E-state index >= 15 is 0 Å². The van der Waals surface area contributed by atoms with E-state index in [4.69, 9.17) is 5.26 Å². The first-order valence-corrected chi connectivity index (χ1v) is 6.56. The van der Waals surface area contributed by atoms with Crippen molar-refractivity contribution < 1.29 is 4.79 Å². The molecule has 0 heterocycles. The van der Waals surface area contributed by atoms with Crippen LogP contribution >= 0.6 is 0 Å². The molecule has 0 radical (unpaired) electrons. The summed E-state index contributed by atoms with van der Waals surface area (Å²) in [5, 5.41) is 8.72. The molecule has 18 heavy (non-hydrogen) atoms. The van der Waals surface area contributed by atoms with Crippen LogP contribution in [-0.2, 0) is 0 Å². The van der Waals surface area contributed by atoms with Crippen LogP contribution in [0.25, 0.3) is 0 Å². The molecule has 0 unspecified atom stereocenters. The highest BCUT2D eigenvalue weighted by Gasteiger charge is 2.26. The predicted octanol–water partition coefficient (Wildman–Crippen LogP) is 2.99. The van der Waals surface area contributed by atoms with Gasteiger partial charge in [0.2, 0.25) is 0 Å². The second kappa shape index (κ2) is 6.20. The Kier molecular flexibility index (Phi) is 4.35. The Balaban J connectivity index is 2.12. The van der Waals surface area contributed by atoms with E-state index in [-0.39, 0.29) is 5.91 Å². The van der Waals surface area contributed by atoms with Crippen LogP contribution in [0.4, 0.5) is 0 Å². The Morgan fingerprint density at radius 3 is 2.56 bits per heavy atom. The summed E-state index contributed by atoms with van der Waals surface area (Å²) in [5.74, 6) is 0.0674. The molecule has 2 rings (SSSR count). The largest absolute Gasteiger partial charge is 0.335 e. The minimum absolute atomic E-state index is 0.0674. The summed E-state index contributed by atoms with van der Waals surface area (Å²) in [5.41, 5.74) is 0.724. The quantitative estimate of drug-likeness (QED) is 0.814. The molecule has 0 aromatic heterocycles. The van der Waals surface area contributed by atoms with Gasteiger partial charge in [-0.2, -0.15) is 5.26 Å². The van der Waals surface area contributed by atoms with Crippen LogP contribution in [0.2, 0.25) is 0 Å². The van der Waals surface area contributed by atoms with Crippen LogP contribution in [0.15, 0.2) is 30.3 Å². The number of carbonyl (C=O) groups excluding carboxylic acids is 1. The van der Waals surface area contributed by atoms with E-state index in [0.717, 1.165) is 18.4 Å². The van der Waals surface area contributed by atoms with Crippen LogP contribution in [0, 0.1) is 11.3 Å². The van der Waals surface area contributed by atoms with Crippen molar-refractivity contribution in [2.24, 2.45) is 0 Å². The maximum atomic E-state index is 12.5. The number of hydrogen-bond acceptors (Lipinski definition) is 2. The van der Waals surface area contributed by atoms with Crippen molar-refractivity contribution in [2.45, 2.75) is 38.1 Å². The van der Waals surface area contributed by atoms with Gasteiger partial charge >= 0.3 is 0 Å². The second-order valence-electron chi connectivity index (χ2n) is 4.71. The normalized spacial score (nSPS) is 15.3. The van der Waals surface area contributed by atoms with Gasteiger partial charge in [0.1, 0.15) is 0 Å². The Morgan fingerprint density at radius 2 is 1.94 bits per heavy atom. The summed E-state index contributed by atoms with van der Waals surface area (Å²) in [6.07, 6.45) is 4.94. The summed E-state index contributed by atoms with van der Waals surface area (Å²) in [4.78, 5) is 14.3. The lowest BCUT2D eigenvalue weighted by molar-refractivity contribution is 0.0686. The smallest absolute Gasteiger partial charge is 0.254 e. The highest BCUT2D eigenvalue weighted by Crippen LogP contribution is 2.25. The van der Waals surface area contributed by atoms with Gasteiger partial charge in [0.05, 0.1) is 12.5 Å². The van der Waals surface area contributed by atoms with E-state index < -0.39 is 0 Å². The Bertz CT molecular complexity index is 430. The Hall–Kier alpha value is -1.82. The highest BCUT2D eigenvalue weighted by atomic mass is 16.2. The van der Waals surface area contributed by atoms with Crippen molar-refractivity contribution in [1.29, 1.82) is 5.26 Å². The molecular formula is C15H18N2O. The minimum atomic E-state index is 0.0674. The lowest BCUT2D eigenvalue weighted by atomic mass is 10.1. The van der Waals surface area contributed by atoms with Gasteiger partial charge in [-0.3, -0.25) is 4.79 Å². The van der Waals surface area contributed by atoms with Crippen LogP contribution in [-0.4, -0.2) is 23.4 Å². The summed E-state index contributed by atoms with van der Waals surface area (Å²) in [6, 6.07) is 11.8. The molecule has 0 spiro atoms. The molecule has 0 N–H and O–H groups in total. The first-order valence-electron chi connectivity index (χ1n) is 6.56. The van der Waals surface area contributed by atoms with Crippen molar-refractivity contribution in [1.82, 2.24) is 4.90 Å². The zero-order valence-electron chi connectivity index (χ0n) is 10.5. The molecular weight excluding hydrogens is 224 g/mol. The maximum Gasteiger partial charge on any atom is 0.254 e. The second-order valence-corrected chi connectivity index (χ2v) is 4.71. The van der Waals surface area contributed by atoms with Crippen LogP contribution in [0.3, 0.4) is 0 Å². The van der Waals surface area contributed by atoms with Gasteiger partial charge in [-0.15, -0.1) is 0 Å². The first kappa shape index (κ1) is 12.6. The van der Waals surface area contributed by atoms with Gasteiger partial charge in [-0.25, -0.2) is 0 Å². The number of amides is 1. The van der Waals surface area contributed by atoms with Crippen molar-refractivity contribution in [3.8, 4) is 6.07 Å². The van der Waals surface area contributed by atoms with Crippen LogP contribution in [0.1, 0.15) is 42.5 Å². The number of carbonyl (C=O) groups is 1. The number of nitriles is 1. The van der Waals surface area contributed by atoms with Gasteiger partial charge in [0.25, 0.3) is 5.91 Å². The predicted molar refractivity (Wildman–Crippen MR) is 70.0 cm³/mol. The molecule has 0 bridgehead atoms. The average Bonchev–Trinajstić information content (AvgIpc) is 2.94. The van der Waals surface area contributed by atoms with Gasteiger partial charge in [0.15, 0.2) is 0 Å².